The van der Waals surface area contributed by atoms with Gasteiger partial charge in [0, 0.05) is 11.6 Å². The van der Waals surface area contributed by atoms with Crippen LogP contribution in [0.5, 0.6) is 11.5 Å². The number of benzene rings is 2. The number of ether oxygens (including phenoxy) is 2. The maximum Gasteiger partial charge on any atom is 0.269 e. The molecule has 0 atom stereocenters. The van der Waals surface area contributed by atoms with Crippen molar-refractivity contribution in [1.29, 1.82) is 0 Å². The number of amides is 2. The molecule has 0 heterocycles. The molecule has 0 aliphatic carbocycles. The predicted molar refractivity (Wildman–Crippen MR) is 110 cm³/mol. The molecule has 0 bridgehead atoms. The number of nitrogens with one attached hydrogen (secondary N) is 2. The van der Waals surface area contributed by atoms with Crippen molar-refractivity contribution in [1.82, 2.24) is 10.9 Å². The van der Waals surface area contributed by atoms with E-state index in [4.69, 9.17) is 32.7 Å². The maximum absolute atomic E-state index is 12.2. The predicted octanol–water partition coefficient (Wildman–Crippen LogP) is 4.27. The van der Waals surface area contributed by atoms with Crippen molar-refractivity contribution < 1.29 is 19.1 Å². The van der Waals surface area contributed by atoms with Crippen LogP contribution in [0.2, 0.25) is 10.0 Å². The number of hydrogen-bond donors (Lipinski definition) is 2. The summed E-state index contributed by atoms with van der Waals surface area (Å²) >= 11 is 11.8. The molecule has 0 saturated carbocycles. The SMILES string of the molecule is CCCOc1ccc(C(=O)NNC(=O)/C=C/c2ccc(Cl)c(Cl)c2)cc1OC. The largest absolute Gasteiger partial charge is 0.493 e. The molecule has 0 aliphatic heterocycles. The van der Waals surface area contributed by atoms with Gasteiger partial charge in [-0.3, -0.25) is 20.4 Å². The number of methoxy groups -OCH3 is 1. The minimum Gasteiger partial charge on any atom is -0.493 e. The minimum absolute atomic E-state index is 0.314. The van der Waals surface area contributed by atoms with Crippen LogP contribution < -0.4 is 20.3 Å². The van der Waals surface area contributed by atoms with Crippen LogP contribution in [0.4, 0.5) is 0 Å². The number of hydrazine groups is 1. The topological polar surface area (TPSA) is 76.7 Å². The summed E-state index contributed by atoms with van der Waals surface area (Å²) in [6.07, 6.45) is 3.67. The first-order valence-electron chi connectivity index (χ1n) is 8.49. The van der Waals surface area contributed by atoms with Crippen LogP contribution >= 0.6 is 23.2 Å². The first kappa shape index (κ1) is 21.6. The summed E-state index contributed by atoms with van der Waals surface area (Å²) in [5.41, 5.74) is 5.66. The summed E-state index contributed by atoms with van der Waals surface area (Å²) < 4.78 is 10.8. The summed E-state index contributed by atoms with van der Waals surface area (Å²) in [6, 6.07) is 9.74. The van der Waals surface area contributed by atoms with Gasteiger partial charge in [-0.25, -0.2) is 0 Å². The molecule has 8 heteroatoms. The summed E-state index contributed by atoms with van der Waals surface area (Å²) in [6.45, 7) is 2.54. The van der Waals surface area contributed by atoms with Crippen LogP contribution in [0.15, 0.2) is 42.5 Å². The fourth-order valence-corrected chi connectivity index (χ4v) is 2.47. The fourth-order valence-electron chi connectivity index (χ4n) is 2.16. The maximum atomic E-state index is 12.2. The molecule has 0 aromatic heterocycles. The van der Waals surface area contributed by atoms with E-state index in [9.17, 15) is 9.59 Å². The van der Waals surface area contributed by atoms with Crippen LogP contribution in [0.3, 0.4) is 0 Å². The van der Waals surface area contributed by atoms with Gasteiger partial charge in [0.05, 0.1) is 23.8 Å². The van der Waals surface area contributed by atoms with E-state index >= 15 is 0 Å². The Bertz CT molecular complexity index is 885. The molecule has 2 amide bonds. The molecule has 0 fully saturated rings. The Morgan fingerprint density at radius 1 is 1.04 bits per heavy atom. The van der Waals surface area contributed by atoms with Gasteiger partial charge < -0.3 is 9.47 Å². The zero-order valence-electron chi connectivity index (χ0n) is 15.4. The third-order valence-electron chi connectivity index (χ3n) is 3.56. The van der Waals surface area contributed by atoms with Crippen molar-refractivity contribution in [3.05, 3.63) is 63.6 Å². The smallest absolute Gasteiger partial charge is 0.269 e. The van der Waals surface area contributed by atoms with E-state index in [0.29, 0.717) is 39.3 Å². The molecule has 2 aromatic carbocycles. The molecular formula is C20H20Cl2N2O4. The lowest BCUT2D eigenvalue weighted by Gasteiger charge is -2.12. The molecule has 28 heavy (non-hydrogen) atoms. The molecule has 0 spiro atoms. The average Bonchev–Trinajstić information content (AvgIpc) is 2.71. The van der Waals surface area contributed by atoms with Gasteiger partial charge in [-0.05, 0) is 48.4 Å². The molecule has 0 radical (unpaired) electrons. The van der Waals surface area contributed by atoms with Crippen LogP contribution in [-0.4, -0.2) is 25.5 Å². The Hall–Kier alpha value is -2.70. The van der Waals surface area contributed by atoms with Gasteiger partial charge in [0.2, 0.25) is 0 Å². The lowest BCUT2D eigenvalue weighted by Crippen LogP contribution is -2.40. The molecule has 0 aliphatic rings. The van der Waals surface area contributed by atoms with E-state index in [1.165, 1.54) is 19.3 Å². The highest BCUT2D eigenvalue weighted by atomic mass is 35.5. The quantitative estimate of drug-likeness (QED) is 0.515. The van der Waals surface area contributed by atoms with E-state index in [1.54, 1.807) is 36.4 Å². The van der Waals surface area contributed by atoms with Crippen LogP contribution in [0.1, 0.15) is 29.3 Å². The monoisotopic (exact) mass is 422 g/mol. The Balaban J connectivity index is 1.94. The summed E-state index contributed by atoms with van der Waals surface area (Å²) in [5, 5.41) is 0.815. The van der Waals surface area contributed by atoms with Crippen molar-refractivity contribution in [2.24, 2.45) is 0 Å². The summed E-state index contributed by atoms with van der Waals surface area (Å²) in [4.78, 5) is 24.1. The van der Waals surface area contributed by atoms with E-state index < -0.39 is 11.8 Å². The van der Waals surface area contributed by atoms with Gasteiger partial charge in [0.1, 0.15) is 0 Å². The number of carbonyl (C=O) groups is 2. The van der Waals surface area contributed by atoms with Crippen LogP contribution in [-0.2, 0) is 4.79 Å². The Morgan fingerprint density at radius 3 is 2.50 bits per heavy atom. The molecule has 0 saturated heterocycles. The molecule has 2 rings (SSSR count). The van der Waals surface area contributed by atoms with Gasteiger partial charge in [0.15, 0.2) is 11.5 Å². The third kappa shape index (κ3) is 6.18. The van der Waals surface area contributed by atoms with Crippen molar-refractivity contribution in [3.63, 3.8) is 0 Å². The minimum atomic E-state index is -0.505. The second-order valence-electron chi connectivity index (χ2n) is 5.66. The second-order valence-corrected chi connectivity index (χ2v) is 6.48. The number of hydrogen-bond acceptors (Lipinski definition) is 4. The van der Waals surface area contributed by atoms with Crippen molar-refractivity contribution in [3.8, 4) is 11.5 Å². The molecule has 148 valence electrons. The van der Waals surface area contributed by atoms with Gasteiger partial charge >= 0.3 is 0 Å². The first-order chi connectivity index (χ1) is 13.4. The van der Waals surface area contributed by atoms with Gasteiger partial charge in [0.25, 0.3) is 11.8 Å². The van der Waals surface area contributed by atoms with Gasteiger partial charge in [-0.15, -0.1) is 0 Å². The van der Waals surface area contributed by atoms with Crippen LogP contribution in [0.25, 0.3) is 6.08 Å². The van der Waals surface area contributed by atoms with Crippen molar-refractivity contribution in [2.45, 2.75) is 13.3 Å². The van der Waals surface area contributed by atoms with Crippen molar-refractivity contribution >= 4 is 41.1 Å². The number of rotatable bonds is 7. The fraction of sp³-hybridized carbons (Fsp3) is 0.200. The lowest BCUT2D eigenvalue weighted by atomic mass is 10.2. The Labute approximate surface area is 173 Å². The van der Waals surface area contributed by atoms with Gasteiger partial charge in [-0.2, -0.15) is 0 Å². The van der Waals surface area contributed by atoms with E-state index in [-0.39, 0.29) is 0 Å². The molecule has 2 aromatic rings. The van der Waals surface area contributed by atoms with Gasteiger partial charge in [-0.1, -0.05) is 36.2 Å². The lowest BCUT2D eigenvalue weighted by molar-refractivity contribution is -0.117. The number of carbonyl (C=O) groups excluding carboxylic acids is 2. The molecular weight excluding hydrogens is 403 g/mol. The highest BCUT2D eigenvalue weighted by Gasteiger charge is 2.11. The second kappa shape index (κ2) is 10.6. The number of halogens is 2. The van der Waals surface area contributed by atoms with E-state index in [1.807, 2.05) is 6.92 Å². The Kier molecular flexibility index (Phi) is 8.17. The Morgan fingerprint density at radius 2 is 1.82 bits per heavy atom. The molecule has 6 nitrogen and oxygen atoms in total. The molecule has 2 N–H and O–H groups in total. The van der Waals surface area contributed by atoms with Crippen LogP contribution in [0, 0.1) is 0 Å². The normalized spacial score (nSPS) is 10.6. The standard InChI is InChI=1S/C20H20Cl2N2O4/c1-3-10-28-17-8-6-14(12-18(17)27-2)20(26)24-23-19(25)9-5-13-4-7-15(21)16(22)11-13/h4-9,11-12H,3,10H2,1-2H3,(H,23,25)(H,24,26)/b9-5+. The average molecular weight is 423 g/mol. The molecule has 0 unspecified atom stereocenters. The summed E-state index contributed by atoms with van der Waals surface area (Å²) in [5.74, 6) is -0.00708. The zero-order valence-corrected chi connectivity index (χ0v) is 16.9. The summed E-state index contributed by atoms with van der Waals surface area (Å²) in [7, 11) is 1.49. The van der Waals surface area contributed by atoms with E-state index in [0.717, 1.165) is 6.42 Å². The highest BCUT2D eigenvalue weighted by Crippen LogP contribution is 2.28. The van der Waals surface area contributed by atoms with Crippen molar-refractivity contribution in [2.75, 3.05) is 13.7 Å². The zero-order chi connectivity index (χ0) is 20.5. The first-order valence-corrected chi connectivity index (χ1v) is 9.24. The third-order valence-corrected chi connectivity index (χ3v) is 4.30. The highest BCUT2D eigenvalue weighted by molar-refractivity contribution is 6.42. The van der Waals surface area contributed by atoms with E-state index in [2.05, 4.69) is 10.9 Å².